The number of hydrogen-bond acceptors (Lipinski definition) is 3. The normalized spacial score (nSPS) is 15.5. The van der Waals surface area contributed by atoms with Crippen molar-refractivity contribution in [2.45, 2.75) is 38.8 Å². The van der Waals surface area contributed by atoms with Crippen LogP contribution >= 0.6 is 11.6 Å². The number of ether oxygens (including phenoxy) is 1. The van der Waals surface area contributed by atoms with E-state index in [0.717, 1.165) is 36.6 Å². The zero-order valence-electron chi connectivity index (χ0n) is 16.0. The average Bonchev–Trinajstić information content (AvgIpc) is 3.12. The molecular weight excluding hydrogens is 390 g/mol. The summed E-state index contributed by atoms with van der Waals surface area (Å²) in [4.78, 5) is 28.1. The van der Waals surface area contributed by atoms with Gasteiger partial charge in [-0.05, 0) is 48.9 Å². The molecule has 0 fully saturated rings. The highest BCUT2D eigenvalue weighted by Gasteiger charge is 2.25. The first-order chi connectivity index (χ1) is 14.0. The number of fused-ring (bicyclic) bond motifs is 2. The molecule has 6 nitrogen and oxygen atoms in total. The standard InChI is InChI=1S/C22H22ClN3O3/c1-2-3-4-5-20-26-21(27)16-12-15(7-9-19(16)29-20)24-22(28)18-11-13-10-14(23)6-8-17(13)25-18/h6-12,20,25H,2-5H2,1H3,(H,24,28)(H,26,27). The van der Waals surface area contributed by atoms with Gasteiger partial charge in [0.2, 0.25) is 0 Å². The van der Waals surface area contributed by atoms with Crippen LogP contribution < -0.4 is 15.4 Å². The molecule has 2 aromatic carbocycles. The van der Waals surface area contributed by atoms with E-state index in [1.54, 1.807) is 36.4 Å². The molecule has 0 saturated heterocycles. The van der Waals surface area contributed by atoms with Crippen LogP contribution in [0.3, 0.4) is 0 Å². The fourth-order valence-corrected chi connectivity index (χ4v) is 3.61. The summed E-state index contributed by atoms with van der Waals surface area (Å²) in [7, 11) is 0. The van der Waals surface area contributed by atoms with Crippen molar-refractivity contribution in [1.82, 2.24) is 10.3 Å². The molecule has 7 heteroatoms. The zero-order valence-corrected chi connectivity index (χ0v) is 16.8. The first-order valence-corrected chi connectivity index (χ1v) is 10.1. The monoisotopic (exact) mass is 411 g/mol. The van der Waals surface area contributed by atoms with Crippen molar-refractivity contribution in [3.63, 3.8) is 0 Å². The number of rotatable bonds is 6. The fraction of sp³-hybridized carbons (Fsp3) is 0.273. The second kappa shape index (κ2) is 8.17. The van der Waals surface area contributed by atoms with Crippen LogP contribution in [-0.2, 0) is 0 Å². The Labute approximate surface area is 173 Å². The van der Waals surface area contributed by atoms with E-state index < -0.39 is 0 Å². The number of hydrogen-bond donors (Lipinski definition) is 3. The number of anilines is 1. The Hall–Kier alpha value is -2.99. The first kappa shape index (κ1) is 19.3. The van der Waals surface area contributed by atoms with Gasteiger partial charge in [0.15, 0.2) is 6.23 Å². The van der Waals surface area contributed by atoms with Crippen LogP contribution in [0.4, 0.5) is 5.69 Å². The summed E-state index contributed by atoms with van der Waals surface area (Å²) in [5, 5.41) is 7.16. The number of carbonyl (C=O) groups excluding carboxylic acids is 2. The van der Waals surface area contributed by atoms with Crippen molar-refractivity contribution in [2.24, 2.45) is 0 Å². The van der Waals surface area contributed by atoms with Crippen molar-refractivity contribution >= 4 is 40.0 Å². The number of H-pyrrole nitrogens is 1. The number of carbonyl (C=O) groups is 2. The molecule has 1 aromatic heterocycles. The minimum Gasteiger partial charge on any atom is -0.470 e. The van der Waals surface area contributed by atoms with Gasteiger partial charge in [-0.15, -0.1) is 0 Å². The molecule has 0 spiro atoms. The Bertz CT molecular complexity index is 1080. The van der Waals surface area contributed by atoms with E-state index in [1.807, 2.05) is 6.07 Å². The number of unbranched alkanes of at least 4 members (excludes halogenated alkanes) is 2. The van der Waals surface area contributed by atoms with Crippen molar-refractivity contribution in [3.05, 3.63) is 58.7 Å². The van der Waals surface area contributed by atoms with E-state index >= 15 is 0 Å². The SMILES string of the molecule is CCCCCC1NC(=O)c2cc(NC(=O)c3cc4cc(Cl)ccc4[nH]3)ccc2O1. The lowest BCUT2D eigenvalue weighted by atomic mass is 10.1. The van der Waals surface area contributed by atoms with Gasteiger partial charge in [0.1, 0.15) is 11.4 Å². The molecule has 1 aliphatic heterocycles. The van der Waals surface area contributed by atoms with Crippen molar-refractivity contribution < 1.29 is 14.3 Å². The van der Waals surface area contributed by atoms with Crippen LogP contribution in [0.25, 0.3) is 10.9 Å². The molecule has 0 aliphatic carbocycles. The van der Waals surface area contributed by atoms with Crippen LogP contribution in [-0.4, -0.2) is 23.0 Å². The number of aromatic nitrogens is 1. The first-order valence-electron chi connectivity index (χ1n) is 9.74. The van der Waals surface area contributed by atoms with E-state index in [-0.39, 0.29) is 18.0 Å². The van der Waals surface area contributed by atoms with Gasteiger partial charge in [0, 0.05) is 28.0 Å². The summed E-state index contributed by atoms with van der Waals surface area (Å²) in [5.41, 5.74) is 2.18. The van der Waals surface area contributed by atoms with Gasteiger partial charge in [0.25, 0.3) is 11.8 Å². The molecule has 1 unspecified atom stereocenters. The second-order valence-corrected chi connectivity index (χ2v) is 7.59. The summed E-state index contributed by atoms with van der Waals surface area (Å²) >= 11 is 6.00. The summed E-state index contributed by atoms with van der Waals surface area (Å²) in [6.45, 7) is 2.14. The van der Waals surface area contributed by atoms with Crippen LogP contribution in [0.2, 0.25) is 5.02 Å². The van der Waals surface area contributed by atoms with Crippen LogP contribution in [0.1, 0.15) is 53.5 Å². The topological polar surface area (TPSA) is 83.2 Å². The Balaban J connectivity index is 1.48. The molecule has 2 heterocycles. The van der Waals surface area contributed by atoms with Gasteiger partial charge < -0.3 is 20.4 Å². The summed E-state index contributed by atoms with van der Waals surface area (Å²) in [6.07, 6.45) is 3.69. The van der Waals surface area contributed by atoms with Crippen LogP contribution in [0, 0.1) is 0 Å². The van der Waals surface area contributed by atoms with Gasteiger partial charge in [-0.1, -0.05) is 31.4 Å². The Kier molecular flexibility index (Phi) is 5.45. The van der Waals surface area contributed by atoms with Crippen LogP contribution in [0.5, 0.6) is 5.75 Å². The highest BCUT2D eigenvalue weighted by atomic mass is 35.5. The third-order valence-electron chi connectivity index (χ3n) is 4.94. The minimum atomic E-state index is -0.305. The van der Waals surface area contributed by atoms with Crippen molar-refractivity contribution in [2.75, 3.05) is 5.32 Å². The molecule has 3 N–H and O–H groups in total. The molecule has 150 valence electrons. The Morgan fingerprint density at radius 1 is 1.17 bits per heavy atom. The number of nitrogens with one attached hydrogen (secondary N) is 3. The zero-order chi connectivity index (χ0) is 20.4. The molecular formula is C22H22ClN3O3. The maximum Gasteiger partial charge on any atom is 0.272 e. The molecule has 1 atom stereocenters. The highest BCUT2D eigenvalue weighted by molar-refractivity contribution is 6.31. The third kappa shape index (κ3) is 4.22. The van der Waals surface area contributed by atoms with Gasteiger partial charge >= 0.3 is 0 Å². The lowest BCUT2D eigenvalue weighted by Crippen LogP contribution is -2.43. The predicted molar refractivity (Wildman–Crippen MR) is 114 cm³/mol. The van der Waals surface area contributed by atoms with E-state index in [2.05, 4.69) is 22.5 Å². The summed E-state index contributed by atoms with van der Waals surface area (Å²) < 4.78 is 5.88. The predicted octanol–water partition coefficient (Wildman–Crippen LogP) is 5.10. The smallest absolute Gasteiger partial charge is 0.272 e. The number of benzene rings is 2. The Morgan fingerprint density at radius 2 is 2.03 bits per heavy atom. The van der Waals surface area contributed by atoms with E-state index in [9.17, 15) is 9.59 Å². The molecule has 1 aliphatic rings. The second-order valence-electron chi connectivity index (χ2n) is 7.16. The van der Waals surface area contributed by atoms with E-state index in [1.165, 1.54) is 0 Å². The van der Waals surface area contributed by atoms with Gasteiger partial charge in [-0.25, -0.2) is 0 Å². The van der Waals surface area contributed by atoms with Gasteiger partial charge in [0.05, 0.1) is 5.56 Å². The lowest BCUT2D eigenvalue weighted by Gasteiger charge is -2.27. The highest BCUT2D eigenvalue weighted by Crippen LogP contribution is 2.28. The molecule has 29 heavy (non-hydrogen) atoms. The van der Waals surface area contributed by atoms with Crippen LogP contribution in [0.15, 0.2) is 42.5 Å². The molecule has 2 amide bonds. The summed E-state index contributed by atoms with van der Waals surface area (Å²) in [6, 6.07) is 12.2. The largest absolute Gasteiger partial charge is 0.470 e. The third-order valence-corrected chi connectivity index (χ3v) is 5.18. The maximum absolute atomic E-state index is 12.6. The lowest BCUT2D eigenvalue weighted by molar-refractivity contribution is 0.0734. The maximum atomic E-state index is 12.6. The molecule has 4 rings (SSSR count). The number of aromatic amines is 1. The molecule has 3 aromatic rings. The fourth-order valence-electron chi connectivity index (χ4n) is 3.43. The van der Waals surface area contributed by atoms with E-state index in [0.29, 0.717) is 27.7 Å². The average molecular weight is 412 g/mol. The molecule has 0 bridgehead atoms. The van der Waals surface area contributed by atoms with Crippen molar-refractivity contribution in [3.8, 4) is 5.75 Å². The van der Waals surface area contributed by atoms with E-state index in [4.69, 9.17) is 16.3 Å². The van der Waals surface area contributed by atoms with Gasteiger partial charge in [-0.2, -0.15) is 0 Å². The van der Waals surface area contributed by atoms with Crippen molar-refractivity contribution in [1.29, 1.82) is 0 Å². The quantitative estimate of drug-likeness (QED) is 0.493. The summed E-state index contributed by atoms with van der Waals surface area (Å²) in [5.74, 6) is 0.0458. The molecule has 0 saturated carbocycles. The Morgan fingerprint density at radius 3 is 2.86 bits per heavy atom. The molecule has 0 radical (unpaired) electrons. The van der Waals surface area contributed by atoms with Gasteiger partial charge in [-0.3, -0.25) is 9.59 Å². The number of amides is 2. The number of halogens is 1. The minimum absolute atomic E-state index is 0.191.